The van der Waals surface area contributed by atoms with E-state index in [1.807, 2.05) is 20.8 Å². The van der Waals surface area contributed by atoms with Crippen LogP contribution >= 0.6 is 0 Å². The van der Waals surface area contributed by atoms with Crippen LogP contribution in [0.5, 0.6) is 0 Å². The molecule has 0 bridgehead atoms. The van der Waals surface area contributed by atoms with Crippen LogP contribution in [0.15, 0.2) is 0 Å². The summed E-state index contributed by atoms with van der Waals surface area (Å²) in [7, 11) is 0. The molecule has 1 atom stereocenters. The van der Waals surface area contributed by atoms with Crippen molar-refractivity contribution in [1.29, 1.82) is 0 Å². The molecule has 0 aromatic rings. The lowest BCUT2D eigenvalue weighted by Crippen LogP contribution is -2.49. The van der Waals surface area contributed by atoms with Gasteiger partial charge in [-0.05, 0) is 11.3 Å². The van der Waals surface area contributed by atoms with Crippen LogP contribution in [0.1, 0.15) is 62.3 Å². The van der Waals surface area contributed by atoms with Crippen LogP contribution in [0.3, 0.4) is 0 Å². The van der Waals surface area contributed by atoms with Gasteiger partial charge in [0.2, 0.25) is 0 Å². The van der Waals surface area contributed by atoms with Crippen molar-refractivity contribution < 1.29 is 4.79 Å². The van der Waals surface area contributed by atoms with Gasteiger partial charge < -0.3 is 0 Å². The smallest absolute Gasteiger partial charge is 0.144 e. The monoisotopic (exact) mass is 212 g/mol. The lowest BCUT2D eigenvalue weighted by molar-refractivity contribution is -0.146. The molecule has 0 rings (SSSR count). The highest BCUT2D eigenvalue weighted by atomic mass is 16.1. The number of hydrogen-bond acceptors (Lipinski definition) is 1. The predicted molar refractivity (Wildman–Crippen MR) is 66.9 cm³/mol. The van der Waals surface area contributed by atoms with Crippen molar-refractivity contribution in [3.8, 4) is 0 Å². The summed E-state index contributed by atoms with van der Waals surface area (Å²) >= 11 is 0. The average molecular weight is 212 g/mol. The first-order valence-corrected chi connectivity index (χ1v) is 5.90. The normalized spacial score (nSPS) is 17.7. The quantitative estimate of drug-likeness (QED) is 0.666. The Bertz CT molecular complexity index is 237. The lowest BCUT2D eigenvalue weighted by Gasteiger charge is -2.47. The summed E-state index contributed by atoms with van der Waals surface area (Å²) in [6.07, 6.45) is 0. The second-order valence-electron chi connectivity index (χ2n) is 7.19. The SMILES string of the molecule is CC(C)C(C)(C(=O)C(C)(C)C)C(C)(C)C. The van der Waals surface area contributed by atoms with Gasteiger partial charge in [-0.25, -0.2) is 0 Å². The van der Waals surface area contributed by atoms with E-state index in [2.05, 4.69) is 41.5 Å². The molecule has 0 aromatic carbocycles. The average Bonchev–Trinajstić information content (AvgIpc) is 1.97. The van der Waals surface area contributed by atoms with Crippen LogP contribution in [0, 0.1) is 22.2 Å². The van der Waals surface area contributed by atoms with Crippen molar-refractivity contribution in [1.82, 2.24) is 0 Å². The van der Waals surface area contributed by atoms with Gasteiger partial charge >= 0.3 is 0 Å². The van der Waals surface area contributed by atoms with Crippen LogP contribution in [0.4, 0.5) is 0 Å². The molecule has 0 aliphatic carbocycles. The fourth-order valence-electron chi connectivity index (χ4n) is 2.25. The number of Topliss-reactive ketones (excluding diaryl/α,β-unsaturated/α-hetero) is 1. The van der Waals surface area contributed by atoms with Crippen molar-refractivity contribution in [2.75, 3.05) is 0 Å². The lowest BCUT2D eigenvalue weighted by atomic mass is 9.55. The number of ketones is 1. The molecule has 1 heteroatoms. The Balaban J connectivity index is 5.44. The molecule has 0 saturated carbocycles. The Labute approximate surface area is 95.6 Å². The van der Waals surface area contributed by atoms with Gasteiger partial charge in [0, 0.05) is 10.8 Å². The molecule has 15 heavy (non-hydrogen) atoms. The summed E-state index contributed by atoms with van der Waals surface area (Å²) in [5.74, 6) is 0.738. The van der Waals surface area contributed by atoms with Crippen LogP contribution in [0.25, 0.3) is 0 Å². The highest BCUT2D eigenvalue weighted by molar-refractivity contribution is 5.90. The van der Waals surface area contributed by atoms with E-state index in [0.717, 1.165) is 0 Å². The van der Waals surface area contributed by atoms with E-state index in [9.17, 15) is 4.79 Å². The molecule has 0 fully saturated rings. The van der Waals surface area contributed by atoms with Crippen LogP contribution in [-0.4, -0.2) is 5.78 Å². The van der Waals surface area contributed by atoms with E-state index in [-0.39, 0.29) is 16.2 Å². The summed E-state index contributed by atoms with van der Waals surface area (Å²) in [6, 6.07) is 0. The van der Waals surface area contributed by atoms with E-state index in [1.54, 1.807) is 0 Å². The molecule has 90 valence electrons. The largest absolute Gasteiger partial charge is 0.298 e. The first-order valence-electron chi connectivity index (χ1n) is 5.90. The van der Waals surface area contributed by atoms with E-state index in [1.165, 1.54) is 0 Å². The number of hydrogen-bond donors (Lipinski definition) is 0. The van der Waals surface area contributed by atoms with Gasteiger partial charge in [0.1, 0.15) is 5.78 Å². The second-order valence-corrected chi connectivity index (χ2v) is 7.19. The Morgan fingerprint density at radius 1 is 0.867 bits per heavy atom. The molecule has 0 amide bonds. The summed E-state index contributed by atoms with van der Waals surface area (Å²) in [4.78, 5) is 12.6. The molecule has 0 radical (unpaired) electrons. The summed E-state index contributed by atoms with van der Waals surface area (Å²) in [6.45, 7) is 18.9. The summed E-state index contributed by atoms with van der Waals surface area (Å²) in [5, 5.41) is 0. The van der Waals surface area contributed by atoms with Gasteiger partial charge in [0.05, 0.1) is 0 Å². The van der Waals surface area contributed by atoms with Crippen molar-refractivity contribution in [3.63, 3.8) is 0 Å². The summed E-state index contributed by atoms with van der Waals surface area (Å²) < 4.78 is 0. The fourth-order valence-corrected chi connectivity index (χ4v) is 2.25. The van der Waals surface area contributed by atoms with Gasteiger partial charge in [-0.2, -0.15) is 0 Å². The predicted octanol–water partition coefficient (Wildman–Crippen LogP) is 4.31. The number of rotatable bonds is 2. The van der Waals surface area contributed by atoms with E-state index < -0.39 is 0 Å². The minimum Gasteiger partial charge on any atom is -0.298 e. The molecule has 0 N–H and O–H groups in total. The third-order valence-electron chi connectivity index (χ3n) is 3.87. The molecule has 1 unspecified atom stereocenters. The molecule has 0 aliphatic heterocycles. The van der Waals surface area contributed by atoms with Crippen molar-refractivity contribution in [2.24, 2.45) is 22.2 Å². The zero-order chi connectivity index (χ0) is 12.7. The van der Waals surface area contributed by atoms with Gasteiger partial charge in [-0.15, -0.1) is 0 Å². The van der Waals surface area contributed by atoms with Crippen molar-refractivity contribution in [2.45, 2.75) is 62.3 Å². The van der Waals surface area contributed by atoms with Gasteiger partial charge in [0.25, 0.3) is 0 Å². The first kappa shape index (κ1) is 14.7. The fraction of sp³-hybridized carbons (Fsp3) is 0.929. The Morgan fingerprint density at radius 3 is 1.27 bits per heavy atom. The molecule has 0 aromatic heterocycles. The number of carbonyl (C=O) groups is 1. The maximum absolute atomic E-state index is 12.6. The van der Waals surface area contributed by atoms with Crippen molar-refractivity contribution in [3.05, 3.63) is 0 Å². The zero-order valence-electron chi connectivity index (χ0n) is 12.0. The maximum Gasteiger partial charge on any atom is 0.144 e. The molecular weight excluding hydrogens is 184 g/mol. The molecule has 1 nitrogen and oxygen atoms in total. The highest BCUT2D eigenvalue weighted by Gasteiger charge is 2.49. The van der Waals surface area contributed by atoms with Crippen LogP contribution < -0.4 is 0 Å². The Morgan fingerprint density at radius 2 is 1.20 bits per heavy atom. The second kappa shape index (κ2) is 3.92. The van der Waals surface area contributed by atoms with E-state index >= 15 is 0 Å². The third-order valence-corrected chi connectivity index (χ3v) is 3.87. The minimum atomic E-state index is -0.259. The maximum atomic E-state index is 12.6. The molecule has 0 heterocycles. The summed E-state index contributed by atoms with van der Waals surface area (Å²) in [5.41, 5.74) is -0.511. The first-order chi connectivity index (χ1) is 6.35. The molecule has 0 aliphatic rings. The van der Waals surface area contributed by atoms with Gasteiger partial charge in [-0.1, -0.05) is 62.3 Å². The van der Waals surface area contributed by atoms with Gasteiger partial charge in [-0.3, -0.25) is 4.79 Å². The Kier molecular flexibility index (Phi) is 3.83. The van der Waals surface area contributed by atoms with Crippen molar-refractivity contribution >= 4 is 5.78 Å². The Hall–Kier alpha value is -0.330. The number of carbonyl (C=O) groups excluding carboxylic acids is 1. The van der Waals surface area contributed by atoms with Crippen LogP contribution in [0.2, 0.25) is 0 Å². The standard InChI is InChI=1S/C14H28O/c1-10(2)14(9,13(6,7)8)11(15)12(3,4)5/h10H,1-9H3. The van der Waals surface area contributed by atoms with Gasteiger partial charge in [0.15, 0.2) is 0 Å². The topological polar surface area (TPSA) is 17.1 Å². The molecule has 0 spiro atoms. The zero-order valence-corrected chi connectivity index (χ0v) is 12.0. The molecular formula is C14H28O. The van der Waals surface area contributed by atoms with E-state index in [0.29, 0.717) is 11.7 Å². The highest BCUT2D eigenvalue weighted by Crippen LogP contribution is 2.48. The van der Waals surface area contributed by atoms with E-state index in [4.69, 9.17) is 0 Å². The third kappa shape index (κ3) is 2.62. The molecule has 0 saturated heterocycles. The van der Waals surface area contributed by atoms with Crippen LogP contribution in [-0.2, 0) is 4.79 Å². The minimum absolute atomic E-state index is 0.00549.